The van der Waals surface area contributed by atoms with E-state index >= 15 is 0 Å². The molecular formula is C17H18N2O2. The van der Waals surface area contributed by atoms with Crippen LogP contribution in [-0.2, 0) is 0 Å². The highest BCUT2D eigenvalue weighted by Crippen LogP contribution is 2.24. The predicted molar refractivity (Wildman–Crippen MR) is 85.6 cm³/mol. The summed E-state index contributed by atoms with van der Waals surface area (Å²) >= 11 is 0. The fourth-order valence-corrected chi connectivity index (χ4v) is 1.96. The lowest BCUT2D eigenvalue weighted by atomic mass is 10.0. The SMILES string of the molecule is Cc1ccc([N+](=O)[O-])cc1N=Cc1ccc(C(C)C)cc1. The Balaban J connectivity index is 2.24. The van der Waals surface area contributed by atoms with E-state index in [1.807, 2.05) is 19.1 Å². The standard InChI is InChI=1S/C17H18N2O2/c1-12(2)15-7-5-14(6-8-15)11-18-17-10-16(19(20)21)9-4-13(17)3/h4-12H,1-3H3. The van der Waals surface area contributed by atoms with Crippen LogP contribution >= 0.6 is 0 Å². The van der Waals surface area contributed by atoms with Gasteiger partial charge in [-0.2, -0.15) is 0 Å². The first-order valence-electron chi connectivity index (χ1n) is 6.86. The van der Waals surface area contributed by atoms with Crippen molar-refractivity contribution in [3.63, 3.8) is 0 Å². The number of benzene rings is 2. The van der Waals surface area contributed by atoms with Crippen LogP contribution in [0.1, 0.15) is 36.5 Å². The van der Waals surface area contributed by atoms with Crippen LogP contribution in [0.3, 0.4) is 0 Å². The molecule has 4 nitrogen and oxygen atoms in total. The predicted octanol–water partition coefficient (Wildman–Crippen LogP) is 4.78. The molecule has 0 aliphatic rings. The fraction of sp³-hybridized carbons (Fsp3) is 0.235. The van der Waals surface area contributed by atoms with Crippen LogP contribution in [0.4, 0.5) is 11.4 Å². The lowest BCUT2D eigenvalue weighted by molar-refractivity contribution is -0.384. The topological polar surface area (TPSA) is 55.5 Å². The van der Waals surface area contributed by atoms with Crippen LogP contribution < -0.4 is 0 Å². The highest BCUT2D eigenvalue weighted by atomic mass is 16.6. The van der Waals surface area contributed by atoms with Crippen LogP contribution in [-0.4, -0.2) is 11.1 Å². The van der Waals surface area contributed by atoms with Crippen molar-refractivity contribution in [1.29, 1.82) is 0 Å². The third kappa shape index (κ3) is 3.75. The molecule has 0 saturated carbocycles. The lowest BCUT2D eigenvalue weighted by Gasteiger charge is -2.04. The van der Waals surface area contributed by atoms with E-state index in [2.05, 4.69) is 31.0 Å². The minimum absolute atomic E-state index is 0.0582. The molecule has 0 aromatic heterocycles. The van der Waals surface area contributed by atoms with E-state index in [0.29, 0.717) is 11.6 Å². The Kier molecular flexibility index (Phi) is 4.48. The number of nitro groups is 1. The number of aliphatic imine (C=N–C) groups is 1. The van der Waals surface area contributed by atoms with Gasteiger partial charge in [0.1, 0.15) is 0 Å². The Morgan fingerprint density at radius 3 is 2.38 bits per heavy atom. The normalized spacial score (nSPS) is 11.2. The molecule has 0 unspecified atom stereocenters. The molecule has 108 valence electrons. The second-order valence-corrected chi connectivity index (χ2v) is 5.31. The molecule has 0 bridgehead atoms. The number of rotatable bonds is 4. The van der Waals surface area contributed by atoms with Crippen molar-refractivity contribution in [2.45, 2.75) is 26.7 Å². The van der Waals surface area contributed by atoms with Crippen molar-refractivity contribution in [2.75, 3.05) is 0 Å². The van der Waals surface area contributed by atoms with Crippen LogP contribution in [0.15, 0.2) is 47.5 Å². The maximum Gasteiger partial charge on any atom is 0.271 e. The fourth-order valence-electron chi connectivity index (χ4n) is 1.96. The van der Waals surface area contributed by atoms with Gasteiger partial charge in [0.25, 0.3) is 5.69 Å². The Morgan fingerprint density at radius 1 is 1.14 bits per heavy atom. The van der Waals surface area contributed by atoms with Gasteiger partial charge < -0.3 is 0 Å². The summed E-state index contributed by atoms with van der Waals surface area (Å²) in [4.78, 5) is 14.8. The zero-order valence-electron chi connectivity index (χ0n) is 12.4. The average Bonchev–Trinajstić information content (AvgIpc) is 2.46. The van der Waals surface area contributed by atoms with E-state index in [-0.39, 0.29) is 5.69 Å². The number of aryl methyl sites for hydroxylation is 1. The molecule has 2 aromatic carbocycles. The molecule has 21 heavy (non-hydrogen) atoms. The number of non-ortho nitro benzene ring substituents is 1. The number of hydrogen-bond acceptors (Lipinski definition) is 3. The van der Waals surface area contributed by atoms with E-state index < -0.39 is 4.92 Å². The van der Waals surface area contributed by atoms with Gasteiger partial charge in [-0.15, -0.1) is 0 Å². The van der Waals surface area contributed by atoms with E-state index in [0.717, 1.165) is 11.1 Å². The van der Waals surface area contributed by atoms with Gasteiger partial charge in [0.05, 0.1) is 10.6 Å². The average molecular weight is 282 g/mol. The Morgan fingerprint density at radius 2 is 1.81 bits per heavy atom. The molecule has 4 heteroatoms. The van der Waals surface area contributed by atoms with Crippen LogP contribution in [0, 0.1) is 17.0 Å². The van der Waals surface area contributed by atoms with Gasteiger partial charge in [-0.05, 0) is 29.5 Å². The number of hydrogen-bond donors (Lipinski definition) is 0. The van der Waals surface area contributed by atoms with Crippen LogP contribution in [0.5, 0.6) is 0 Å². The molecule has 0 aliphatic carbocycles. The smallest absolute Gasteiger partial charge is 0.258 e. The summed E-state index contributed by atoms with van der Waals surface area (Å²) in [5, 5.41) is 10.8. The molecule has 0 amide bonds. The molecule has 0 saturated heterocycles. The van der Waals surface area contributed by atoms with Gasteiger partial charge in [-0.3, -0.25) is 15.1 Å². The minimum Gasteiger partial charge on any atom is -0.258 e. The zero-order chi connectivity index (χ0) is 15.4. The maximum atomic E-state index is 10.8. The van der Waals surface area contributed by atoms with Gasteiger partial charge in [-0.25, -0.2) is 0 Å². The number of nitro benzene ring substituents is 1. The first kappa shape index (κ1) is 14.9. The van der Waals surface area contributed by atoms with Crippen molar-refractivity contribution in [3.05, 3.63) is 69.3 Å². The van der Waals surface area contributed by atoms with Gasteiger partial charge in [0.15, 0.2) is 0 Å². The monoisotopic (exact) mass is 282 g/mol. The van der Waals surface area contributed by atoms with Gasteiger partial charge >= 0.3 is 0 Å². The van der Waals surface area contributed by atoms with Crippen molar-refractivity contribution in [3.8, 4) is 0 Å². The molecule has 0 N–H and O–H groups in total. The molecule has 0 atom stereocenters. The summed E-state index contributed by atoms with van der Waals surface area (Å²) in [5.74, 6) is 0.495. The molecule has 0 spiro atoms. The van der Waals surface area contributed by atoms with E-state index in [1.165, 1.54) is 17.7 Å². The molecule has 2 rings (SSSR count). The second-order valence-electron chi connectivity index (χ2n) is 5.31. The van der Waals surface area contributed by atoms with Gasteiger partial charge in [0, 0.05) is 18.3 Å². The first-order valence-corrected chi connectivity index (χ1v) is 6.86. The highest BCUT2D eigenvalue weighted by Gasteiger charge is 2.07. The highest BCUT2D eigenvalue weighted by molar-refractivity contribution is 5.82. The third-order valence-corrected chi connectivity index (χ3v) is 3.36. The van der Waals surface area contributed by atoms with E-state index in [4.69, 9.17) is 0 Å². The molecule has 0 radical (unpaired) electrons. The van der Waals surface area contributed by atoms with Crippen LogP contribution in [0.2, 0.25) is 0 Å². The maximum absolute atomic E-state index is 10.8. The second kappa shape index (κ2) is 6.31. The molecule has 0 aliphatic heterocycles. The van der Waals surface area contributed by atoms with Gasteiger partial charge in [-0.1, -0.05) is 44.2 Å². The lowest BCUT2D eigenvalue weighted by Crippen LogP contribution is -1.89. The largest absolute Gasteiger partial charge is 0.271 e. The summed E-state index contributed by atoms with van der Waals surface area (Å²) in [7, 11) is 0. The third-order valence-electron chi connectivity index (χ3n) is 3.36. The van der Waals surface area contributed by atoms with Crippen molar-refractivity contribution < 1.29 is 4.92 Å². The summed E-state index contributed by atoms with van der Waals surface area (Å²) < 4.78 is 0. The van der Waals surface area contributed by atoms with Crippen LogP contribution in [0.25, 0.3) is 0 Å². The molecule has 2 aromatic rings. The summed E-state index contributed by atoms with van der Waals surface area (Å²) in [5.41, 5.74) is 3.85. The van der Waals surface area contributed by atoms with Crippen molar-refractivity contribution in [1.82, 2.24) is 0 Å². The first-order chi connectivity index (χ1) is 9.97. The zero-order valence-corrected chi connectivity index (χ0v) is 12.4. The molecule has 0 heterocycles. The van der Waals surface area contributed by atoms with Crippen molar-refractivity contribution >= 4 is 17.6 Å². The summed E-state index contributed by atoms with van der Waals surface area (Å²) in [6.45, 7) is 6.18. The summed E-state index contributed by atoms with van der Waals surface area (Å²) in [6, 6.07) is 12.9. The Labute approximate surface area is 124 Å². The quantitative estimate of drug-likeness (QED) is 0.460. The van der Waals surface area contributed by atoms with E-state index in [1.54, 1.807) is 12.3 Å². The Bertz CT molecular complexity index is 674. The molecular weight excluding hydrogens is 264 g/mol. The Hall–Kier alpha value is -2.49. The number of nitrogens with zero attached hydrogens (tertiary/aromatic N) is 2. The van der Waals surface area contributed by atoms with E-state index in [9.17, 15) is 10.1 Å². The van der Waals surface area contributed by atoms with Crippen molar-refractivity contribution in [2.24, 2.45) is 4.99 Å². The molecule has 0 fully saturated rings. The van der Waals surface area contributed by atoms with Gasteiger partial charge in [0.2, 0.25) is 0 Å². The minimum atomic E-state index is -0.407. The summed E-state index contributed by atoms with van der Waals surface area (Å²) in [6.07, 6.45) is 1.73.